The number of nitrogens with zero attached hydrogens (tertiary/aromatic N) is 2. The van der Waals surface area contributed by atoms with E-state index in [-0.39, 0.29) is 17.5 Å². The second-order valence-electron chi connectivity index (χ2n) is 21.6. The van der Waals surface area contributed by atoms with E-state index in [4.69, 9.17) is 0 Å². The number of rotatable bonds is 3. The van der Waals surface area contributed by atoms with Crippen LogP contribution >= 0.6 is 11.3 Å². The van der Waals surface area contributed by atoms with E-state index < -0.39 is 5.41 Å². The van der Waals surface area contributed by atoms with Crippen LogP contribution in [0.15, 0.2) is 200 Å². The van der Waals surface area contributed by atoms with Crippen molar-refractivity contribution >= 4 is 78.0 Å². The Bertz CT molecular complexity index is 3700. The van der Waals surface area contributed by atoms with E-state index in [0.717, 1.165) is 5.69 Å². The van der Waals surface area contributed by atoms with Gasteiger partial charge >= 0.3 is 0 Å². The van der Waals surface area contributed by atoms with Crippen molar-refractivity contribution in [2.45, 2.75) is 57.8 Å². The molecule has 0 atom stereocenters. The van der Waals surface area contributed by atoms with Gasteiger partial charge in [-0.05, 0) is 143 Å². The zero-order valence-electron chi connectivity index (χ0n) is 39.9. The lowest BCUT2D eigenvalue weighted by Gasteiger charge is -2.43. The molecule has 0 saturated carbocycles. The Morgan fingerprint density at radius 2 is 0.942 bits per heavy atom. The van der Waals surface area contributed by atoms with Gasteiger partial charge in [0.15, 0.2) is 0 Å². The zero-order chi connectivity index (χ0) is 46.6. The van der Waals surface area contributed by atoms with Crippen molar-refractivity contribution in [2.75, 3.05) is 9.80 Å². The summed E-state index contributed by atoms with van der Waals surface area (Å²) in [5.74, 6) is 0. The molecule has 0 bridgehead atoms. The molecule has 14 rings (SSSR count). The van der Waals surface area contributed by atoms with Gasteiger partial charge in [-0.3, -0.25) is 0 Å². The van der Waals surface area contributed by atoms with E-state index >= 15 is 0 Å². The van der Waals surface area contributed by atoms with Gasteiger partial charge in [0.2, 0.25) is 0 Å². The molecule has 0 fully saturated rings. The van der Waals surface area contributed by atoms with E-state index in [9.17, 15) is 0 Å². The molecule has 0 amide bonds. The highest BCUT2D eigenvalue weighted by Crippen LogP contribution is 2.64. The van der Waals surface area contributed by atoms with Crippen molar-refractivity contribution in [3.63, 3.8) is 0 Å². The molecule has 4 aliphatic rings. The molecule has 2 aliphatic heterocycles. The lowest BCUT2D eigenvalue weighted by atomic mass is 9.36. The van der Waals surface area contributed by atoms with Gasteiger partial charge in [0, 0.05) is 43.3 Å². The van der Waals surface area contributed by atoms with Crippen molar-refractivity contribution < 1.29 is 0 Å². The predicted octanol–water partition coefficient (Wildman–Crippen LogP) is 15.6. The lowest BCUT2D eigenvalue weighted by molar-refractivity contribution is 0.572. The van der Waals surface area contributed by atoms with Crippen molar-refractivity contribution in [1.82, 2.24) is 0 Å². The number of hydrogen-bond acceptors (Lipinski definition) is 3. The van der Waals surface area contributed by atoms with Crippen LogP contribution in [-0.4, -0.2) is 6.71 Å². The van der Waals surface area contributed by atoms with Crippen molar-refractivity contribution in [2.24, 2.45) is 0 Å². The van der Waals surface area contributed by atoms with E-state index in [2.05, 4.69) is 252 Å². The third kappa shape index (κ3) is 5.50. The maximum atomic E-state index is 2.60. The lowest BCUT2D eigenvalue weighted by Crippen LogP contribution is -2.60. The minimum absolute atomic E-state index is 0.0107. The summed E-state index contributed by atoms with van der Waals surface area (Å²) in [6, 6.07) is 76.3. The Balaban J connectivity index is 1.08. The smallest absolute Gasteiger partial charge is 0.264 e. The first kappa shape index (κ1) is 40.7. The Morgan fingerprint density at radius 1 is 0.435 bits per heavy atom. The molecular formula is C65H51BN2S. The molecule has 10 aromatic rings. The van der Waals surface area contributed by atoms with Crippen molar-refractivity contribution in [3.05, 3.63) is 234 Å². The highest BCUT2D eigenvalue weighted by Gasteiger charge is 2.52. The average Bonchev–Trinajstić information content (AvgIpc) is 3.99. The minimum atomic E-state index is -0.410. The summed E-state index contributed by atoms with van der Waals surface area (Å²) in [7, 11) is 0. The molecule has 3 heterocycles. The van der Waals surface area contributed by atoms with Crippen LogP contribution in [0.5, 0.6) is 0 Å². The predicted molar refractivity (Wildman–Crippen MR) is 295 cm³/mol. The first-order chi connectivity index (χ1) is 33.5. The summed E-state index contributed by atoms with van der Waals surface area (Å²) in [4.78, 5) is 5.14. The molecule has 1 aromatic heterocycles. The maximum Gasteiger partial charge on any atom is 0.264 e. The molecule has 9 aromatic carbocycles. The Labute approximate surface area is 410 Å². The van der Waals surface area contributed by atoms with Crippen LogP contribution in [0.4, 0.5) is 34.1 Å². The monoisotopic (exact) mass is 902 g/mol. The zero-order valence-corrected chi connectivity index (χ0v) is 40.7. The summed E-state index contributed by atoms with van der Waals surface area (Å²) in [5.41, 5.74) is 25.7. The van der Waals surface area contributed by atoms with Crippen LogP contribution in [0.3, 0.4) is 0 Å². The van der Waals surface area contributed by atoms with Gasteiger partial charge in [0.25, 0.3) is 6.71 Å². The third-order valence-corrected chi connectivity index (χ3v) is 16.9. The highest BCUT2D eigenvalue weighted by molar-refractivity contribution is 7.33. The van der Waals surface area contributed by atoms with Crippen LogP contribution in [0, 0.1) is 0 Å². The summed E-state index contributed by atoms with van der Waals surface area (Å²) >= 11 is 2.00. The molecule has 0 radical (unpaired) electrons. The van der Waals surface area contributed by atoms with Gasteiger partial charge in [0.1, 0.15) is 0 Å². The summed E-state index contributed by atoms with van der Waals surface area (Å²) in [6.45, 7) is 14.1. The van der Waals surface area contributed by atoms with Gasteiger partial charge in [-0.2, -0.15) is 0 Å². The van der Waals surface area contributed by atoms with E-state index in [1.54, 1.807) is 0 Å². The standard InChI is InChI=1S/C65H51BN2S/c1-63(2,3)51-31-19-32-52(64(4,5)6)59(51)40-35-36-54-57(37-40)67(41-21-9-7-10-22-41)55-33-20-34-56-60(55)66(54)62-61(68(56)42-23-11-8-12-24-42)47-38-46-45-27-15-18-30-50(45)65(53(46)39-58(47)69-62)48-28-16-13-25-43(48)44-26-14-17-29-49(44)65/h7-39H,1-6H3. The molecule has 0 saturated heterocycles. The molecule has 330 valence electrons. The van der Waals surface area contributed by atoms with Gasteiger partial charge in [-0.1, -0.05) is 187 Å². The Morgan fingerprint density at radius 3 is 1.52 bits per heavy atom. The fourth-order valence-corrected chi connectivity index (χ4v) is 14.3. The molecule has 0 N–H and O–H groups in total. The first-order valence-electron chi connectivity index (χ1n) is 24.6. The van der Waals surface area contributed by atoms with E-state index in [0.29, 0.717) is 0 Å². The second-order valence-corrected chi connectivity index (χ2v) is 22.7. The van der Waals surface area contributed by atoms with Crippen LogP contribution in [0.2, 0.25) is 0 Å². The number of anilines is 6. The molecule has 2 nitrogen and oxygen atoms in total. The largest absolute Gasteiger partial charge is 0.311 e. The van der Waals surface area contributed by atoms with Gasteiger partial charge < -0.3 is 9.80 Å². The molecule has 4 heteroatoms. The fourth-order valence-electron chi connectivity index (χ4n) is 13.0. The maximum absolute atomic E-state index is 2.60. The summed E-state index contributed by atoms with van der Waals surface area (Å²) < 4.78 is 2.71. The van der Waals surface area contributed by atoms with Crippen molar-refractivity contribution in [3.8, 4) is 33.4 Å². The SMILES string of the molecule is CC(C)(C)c1cccc(C(C)(C)C)c1-c1ccc2c(c1)N(c1ccccc1)c1cccc3c1B2c1sc2cc4c(cc2c1N3c1ccccc1)-c1ccccc1C41c2ccccc2-c2ccccc21. The topological polar surface area (TPSA) is 6.48 Å². The second kappa shape index (κ2) is 14.3. The molecule has 1 spiro atoms. The van der Waals surface area contributed by atoms with Gasteiger partial charge in [-0.15, -0.1) is 11.3 Å². The summed E-state index contributed by atoms with van der Waals surface area (Å²) in [6.07, 6.45) is 0. The van der Waals surface area contributed by atoms with E-state index in [1.165, 1.54) is 121 Å². The molecule has 2 aliphatic carbocycles. The van der Waals surface area contributed by atoms with Crippen molar-refractivity contribution in [1.29, 1.82) is 0 Å². The van der Waals surface area contributed by atoms with E-state index in [1.807, 2.05) is 11.3 Å². The van der Waals surface area contributed by atoms with Crippen LogP contribution in [0.25, 0.3) is 43.5 Å². The number of hydrogen-bond donors (Lipinski definition) is 0. The normalized spacial score (nSPS) is 14.6. The number of thiophene rings is 1. The summed E-state index contributed by atoms with van der Waals surface area (Å²) in [5, 5.41) is 1.30. The average molecular weight is 903 g/mol. The molecule has 0 unspecified atom stereocenters. The third-order valence-electron chi connectivity index (χ3n) is 15.7. The first-order valence-corrected chi connectivity index (χ1v) is 25.4. The number of fused-ring (bicyclic) bond motifs is 16. The number of benzene rings is 9. The fraction of sp³-hybridized carbons (Fsp3) is 0.138. The Kier molecular flexibility index (Phi) is 8.44. The Hall–Kier alpha value is -7.40. The van der Waals surface area contributed by atoms with Gasteiger partial charge in [-0.25, -0.2) is 0 Å². The molecule has 69 heavy (non-hydrogen) atoms. The van der Waals surface area contributed by atoms with Crippen LogP contribution < -0.4 is 25.5 Å². The quantitative estimate of drug-likeness (QED) is 0.163. The van der Waals surface area contributed by atoms with Gasteiger partial charge in [0.05, 0.1) is 11.1 Å². The van der Waals surface area contributed by atoms with Crippen LogP contribution in [0.1, 0.15) is 74.9 Å². The van der Waals surface area contributed by atoms with Crippen LogP contribution in [-0.2, 0) is 16.2 Å². The highest BCUT2D eigenvalue weighted by atomic mass is 32.1. The molecular weight excluding hydrogens is 852 g/mol. The number of para-hydroxylation sites is 2. The minimum Gasteiger partial charge on any atom is -0.311 e.